The van der Waals surface area contributed by atoms with Gasteiger partial charge < -0.3 is 15.8 Å². The summed E-state index contributed by atoms with van der Waals surface area (Å²) in [5, 5.41) is 3.25. The molecule has 0 spiro atoms. The van der Waals surface area contributed by atoms with Crippen LogP contribution in [0.5, 0.6) is 0 Å². The Balaban J connectivity index is 2.26. The number of nitrogens with one attached hydrogen (secondary N) is 1. The van der Waals surface area contributed by atoms with Crippen LogP contribution in [0, 0.1) is 6.92 Å². The van der Waals surface area contributed by atoms with Crippen LogP contribution in [-0.4, -0.2) is 19.1 Å². The number of hydrogen-bond acceptors (Lipinski definition) is 4. The molecule has 3 N–H and O–H groups in total. The molecule has 0 fully saturated rings. The van der Waals surface area contributed by atoms with Crippen LogP contribution in [0.3, 0.4) is 0 Å². The highest BCUT2D eigenvalue weighted by Crippen LogP contribution is 2.16. The minimum Gasteiger partial charge on any atom is -0.466 e. The van der Waals surface area contributed by atoms with Crippen LogP contribution in [0.4, 0.5) is 11.4 Å². The predicted molar refractivity (Wildman–Crippen MR) is 69.9 cm³/mol. The quantitative estimate of drug-likeness (QED) is 0.452. The highest BCUT2D eigenvalue weighted by Gasteiger charge is 2.01. The van der Waals surface area contributed by atoms with E-state index in [2.05, 4.69) is 5.32 Å². The average Bonchev–Trinajstić information content (AvgIpc) is 2.29. The Kier molecular flexibility index (Phi) is 5.33. The first kappa shape index (κ1) is 13.4. The van der Waals surface area contributed by atoms with Crippen LogP contribution < -0.4 is 11.1 Å². The maximum atomic E-state index is 11.1. The SMILES string of the molecule is CCOC(=O)CCCNc1ccc(N)c(C)c1. The second kappa shape index (κ2) is 6.78. The fraction of sp³-hybridized carbons (Fsp3) is 0.462. The fourth-order valence-electron chi connectivity index (χ4n) is 1.48. The third-order valence-electron chi connectivity index (χ3n) is 2.46. The van der Waals surface area contributed by atoms with Crippen molar-refractivity contribution in [2.75, 3.05) is 24.2 Å². The third kappa shape index (κ3) is 4.76. The topological polar surface area (TPSA) is 64.3 Å². The number of nitrogens with two attached hydrogens (primary N) is 1. The van der Waals surface area contributed by atoms with Crippen molar-refractivity contribution in [3.05, 3.63) is 23.8 Å². The van der Waals surface area contributed by atoms with Gasteiger partial charge in [-0.15, -0.1) is 0 Å². The number of hydrogen-bond donors (Lipinski definition) is 2. The lowest BCUT2D eigenvalue weighted by atomic mass is 10.2. The number of nitrogen functional groups attached to an aromatic ring is 1. The normalized spacial score (nSPS) is 10.0. The van der Waals surface area contributed by atoms with E-state index in [4.69, 9.17) is 10.5 Å². The van der Waals surface area contributed by atoms with Crippen molar-refractivity contribution in [3.63, 3.8) is 0 Å². The molecule has 0 radical (unpaired) electrons. The Morgan fingerprint density at radius 2 is 2.24 bits per heavy atom. The zero-order valence-electron chi connectivity index (χ0n) is 10.5. The Morgan fingerprint density at radius 3 is 2.88 bits per heavy atom. The van der Waals surface area contributed by atoms with Gasteiger partial charge in [0.05, 0.1) is 6.61 Å². The molecule has 1 aromatic rings. The third-order valence-corrected chi connectivity index (χ3v) is 2.46. The van der Waals surface area contributed by atoms with Crippen LogP contribution in [-0.2, 0) is 9.53 Å². The molecular weight excluding hydrogens is 216 g/mol. The summed E-state index contributed by atoms with van der Waals surface area (Å²) >= 11 is 0. The van der Waals surface area contributed by atoms with Gasteiger partial charge in [0, 0.05) is 24.3 Å². The molecule has 0 atom stereocenters. The molecule has 0 aliphatic heterocycles. The summed E-state index contributed by atoms with van der Waals surface area (Å²) < 4.78 is 4.85. The molecule has 94 valence electrons. The Bertz CT molecular complexity index is 378. The van der Waals surface area contributed by atoms with Gasteiger partial charge in [0.1, 0.15) is 0 Å². The fourth-order valence-corrected chi connectivity index (χ4v) is 1.48. The standard InChI is InChI=1S/C13H20N2O2/c1-3-17-13(16)5-4-8-15-11-6-7-12(14)10(2)9-11/h6-7,9,15H,3-5,8,14H2,1-2H3. The predicted octanol–water partition coefficient (Wildman–Crippen LogP) is 2.33. The lowest BCUT2D eigenvalue weighted by molar-refractivity contribution is -0.143. The van der Waals surface area contributed by atoms with Crippen LogP contribution in [0.15, 0.2) is 18.2 Å². The summed E-state index contributed by atoms with van der Waals surface area (Å²) in [5.74, 6) is -0.136. The Hall–Kier alpha value is -1.71. The summed E-state index contributed by atoms with van der Waals surface area (Å²) in [7, 11) is 0. The van der Waals surface area contributed by atoms with Crippen LogP contribution in [0.2, 0.25) is 0 Å². The summed E-state index contributed by atoms with van der Waals surface area (Å²) in [5.41, 5.74) is 8.61. The van der Waals surface area contributed by atoms with Crippen LogP contribution in [0.1, 0.15) is 25.3 Å². The largest absolute Gasteiger partial charge is 0.466 e. The minimum atomic E-state index is -0.136. The molecule has 4 nitrogen and oxygen atoms in total. The smallest absolute Gasteiger partial charge is 0.305 e. The number of anilines is 2. The summed E-state index contributed by atoms with van der Waals surface area (Å²) in [4.78, 5) is 11.1. The van der Waals surface area contributed by atoms with Crippen molar-refractivity contribution in [3.8, 4) is 0 Å². The summed E-state index contributed by atoms with van der Waals surface area (Å²) in [6.45, 7) is 4.98. The van der Waals surface area contributed by atoms with E-state index >= 15 is 0 Å². The minimum absolute atomic E-state index is 0.136. The van der Waals surface area contributed by atoms with Crippen molar-refractivity contribution in [2.24, 2.45) is 0 Å². The van der Waals surface area contributed by atoms with Crippen molar-refractivity contribution >= 4 is 17.3 Å². The average molecular weight is 236 g/mol. The zero-order valence-corrected chi connectivity index (χ0v) is 10.5. The van der Waals surface area contributed by atoms with E-state index in [1.807, 2.05) is 32.0 Å². The van der Waals surface area contributed by atoms with Gasteiger partial charge in [-0.05, 0) is 44.0 Å². The lowest BCUT2D eigenvalue weighted by Crippen LogP contribution is -2.08. The van der Waals surface area contributed by atoms with Crippen LogP contribution >= 0.6 is 0 Å². The van der Waals surface area contributed by atoms with Crippen molar-refractivity contribution < 1.29 is 9.53 Å². The molecule has 0 bridgehead atoms. The number of esters is 1. The van der Waals surface area contributed by atoms with E-state index in [1.54, 1.807) is 0 Å². The number of aryl methyl sites for hydroxylation is 1. The number of benzene rings is 1. The first-order chi connectivity index (χ1) is 8.13. The molecule has 1 aromatic carbocycles. The van der Waals surface area contributed by atoms with E-state index < -0.39 is 0 Å². The molecule has 4 heteroatoms. The van der Waals surface area contributed by atoms with Gasteiger partial charge in [-0.2, -0.15) is 0 Å². The Morgan fingerprint density at radius 1 is 1.47 bits per heavy atom. The lowest BCUT2D eigenvalue weighted by Gasteiger charge is -2.08. The van der Waals surface area contributed by atoms with Gasteiger partial charge in [0.25, 0.3) is 0 Å². The van der Waals surface area contributed by atoms with Gasteiger partial charge in [-0.25, -0.2) is 0 Å². The highest BCUT2D eigenvalue weighted by molar-refractivity contribution is 5.69. The molecule has 0 aliphatic rings. The summed E-state index contributed by atoms with van der Waals surface area (Å²) in [6.07, 6.45) is 1.22. The van der Waals surface area contributed by atoms with Gasteiger partial charge >= 0.3 is 5.97 Å². The molecule has 0 unspecified atom stereocenters. The highest BCUT2D eigenvalue weighted by atomic mass is 16.5. The molecule has 0 aliphatic carbocycles. The maximum Gasteiger partial charge on any atom is 0.305 e. The molecule has 1 rings (SSSR count). The van der Waals surface area contributed by atoms with E-state index in [0.717, 1.165) is 29.9 Å². The zero-order chi connectivity index (χ0) is 12.7. The number of carbonyl (C=O) groups excluding carboxylic acids is 1. The molecule has 0 aromatic heterocycles. The van der Waals surface area contributed by atoms with Crippen molar-refractivity contribution in [1.82, 2.24) is 0 Å². The number of carbonyl (C=O) groups is 1. The first-order valence-corrected chi connectivity index (χ1v) is 5.89. The maximum absolute atomic E-state index is 11.1. The molecule has 0 saturated carbocycles. The van der Waals surface area contributed by atoms with Gasteiger partial charge in [-0.3, -0.25) is 4.79 Å². The van der Waals surface area contributed by atoms with Gasteiger partial charge in [0.15, 0.2) is 0 Å². The monoisotopic (exact) mass is 236 g/mol. The van der Waals surface area contributed by atoms with E-state index in [1.165, 1.54) is 0 Å². The Labute approximate surface area is 102 Å². The van der Waals surface area contributed by atoms with E-state index in [9.17, 15) is 4.79 Å². The van der Waals surface area contributed by atoms with Crippen molar-refractivity contribution in [1.29, 1.82) is 0 Å². The molecule has 0 saturated heterocycles. The molecular formula is C13H20N2O2. The first-order valence-electron chi connectivity index (χ1n) is 5.89. The number of ether oxygens (including phenoxy) is 1. The van der Waals surface area contributed by atoms with Crippen LogP contribution in [0.25, 0.3) is 0 Å². The van der Waals surface area contributed by atoms with E-state index in [0.29, 0.717) is 13.0 Å². The van der Waals surface area contributed by atoms with Crippen molar-refractivity contribution in [2.45, 2.75) is 26.7 Å². The van der Waals surface area contributed by atoms with Gasteiger partial charge in [0.2, 0.25) is 0 Å². The number of rotatable bonds is 6. The molecule has 0 amide bonds. The second-order valence-corrected chi connectivity index (χ2v) is 3.91. The second-order valence-electron chi connectivity index (χ2n) is 3.91. The van der Waals surface area contributed by atoms with Gasteiger partial charge in [-0.1, -0.05) is 0 Å². The molecule has 0 heterocycles. The summed E-state index contributed by atoms with van der Waals surface area (Å²) in [6, 6.07) is 5.81. The molecule has 17 heavy (non-hydrogen) atoms. The van der Waals surface area contributed by atoms with E-state index in [-0.39, 0.29) is 5.97 Å².